The molecule has 2 aliphatic carbocycles. The Labute approximate surface area is 313 Å². The highest BCUT2D eigenvalue weighted by atomic mass is 16.8. The molecule has 0 amide bonds. The van der Waals surface area contributed by atoms with Crippen molar-refractivity contribution in [2.24, 2.45) is 0 Å². The zero-order chi connectivity index (χ0) is 38.8. The zero-order valence-electron chi connectivity index (χ0n) is 30.6. The lowest BCUT2D eigenvalue weighted by Crippen LogP contribution is -2.64. The summed E-state index contributed by atoms with van der Waals surface area (Å²) in [6.45, 7) is 2.69. The average Bonchev–Trinajstić information content (AvgIpc) is 3.51. The van der Waals surface area contributed by atoms with Crippen molar-refractivity contribution < 1.29 is 67.4 Å². The van der Waals surface area contributed by atoms with Crippen molar-refractivity contribution in [1.82, 2.24) is 0 Å². The molecule has 5 rings (SSSR count). The fraction of sp³-hybridized carbons (Fsp3) is 0.550. The summed E-state index contributed by atoms with van der Waals surface area (Å²) in [6, 6.07) is 13.1. The van der Waals surface area contributed by atoms with Gasteiger partial charge in [0.05, 0.1) is 37.2 Å². The molecule has 14 nitrogen and oxygen atoms in total. The Morgan fingerprint density at radius 2 is 1.04 bits per heavy atom. The van der Waals surface area contributed by atoms with Crippen molar-refractivity contribution in [3.63, 3.8) is 0 Å². The number of aliphatic hydroxyl groups excluding tert-OH is 2. The monoisotopic (exact) mass is 752 g/mol. The summed E-state index contributed by atoms with van der Waals surface area (Å²) in [5.41, 5.74) is 1.31. The van der Waals surface area contributed by atoms with Crippen LogP contribution in [0.25, 0.3) is 0 Å². The number of ketones is 2. The number of rotatable bonds is 16. The van der Waals surface area contributed by atoms with Crippen molar-refractivity contribution in [3.8, 4) is 0 Å². The maximum Gasteiger partial charge on any atom is 0.338 e. The van der Waals surface area contributed by atoms with Gasteiger partial charge in [-0.2, -0.15) is 0 Å². The van der Waals surface area contributed by atoms with Gasteiger partial charge in [0.15, 0.2) is 18.0 Å². The van der Waals surface area contributed by atoms with Crippen LogP contribution in [0.15, 0.2) is 48.5 Å². The quantitative estimate of drug-likeness (QED) is 0.187. The molecule has 14 heteroatoms. The second-order valence-electron chi connectivity index (χ2n) is 14.0. The summed E-state index contributed by atoms with van der Waals surface area (Å²) >= 11 is 0. The summed E-state index contributed by atoms with van der Waals surface area (Å²) in [4.78, 5) is 73.8. The molecule has 1 heterocycles. The minimum absolute atomic E-state index is 0.0432. The number of ether oxygens (including phenoxy) is 6. The van der Waals surface area contributed by atoms with Gasteiger partial charge in [-0.15, -0.1) is 0 Å². The van der Waals surface area contributed by atoms with E-state index in [4.69, 9.17) is 28.4 Å². The van der Waals surface area contributed by atoms with Gasteiger partial charge in [0.25, 0.3) is 0 Å². The van der Waals surface area contributed by atoms with E-state index in [-0.39, 0.29) is 74.4 Å². The van der Waals surface area contributed by atoms with Gasteiger partial charge in [-0.05, 0) is 49.9 Å². The molecule has 0 bridgehead atoms. The number of Topliss-reactive ketones (excluding diaryl/α,β-unsaturated/α-hetero) is 2. The van der Waals surface area contributed by atoms with Crippen LogP contribution in [0.5, 0.6) is 0 Å². The van der Waals surface area contributed by atoms with Gasteiger partial charge < -0.3 is 48.2 Å². The van der Waals surface area contributed by atoms with E-state index in [2.05, 4.69) is 0 Å². The summed E-state index contributed by atoms with van der Waals surface area (Å²) in [5, 5.41) is 23.0. The van der Waals surface area contributed by atoms with Crippen LogP contribution in [0.1, 0.15) is 103 Å². The fourth-order valence-corrected chi connectivity index (χ4v) is 7.04. The molecule has 1 aliphatic heterocycles. The van der Waals surface area contributed by atoms with E-state index in [1.54, 1.807) is 36.4 Å². The van der Waals surface area contributed by atoms with Crippen LogP contribution >= 0.6 is 0 Å². The van der Waals surface area contributed by atoms with Crippen LogP contribution in [0, 0.1) is 0 Å². The first-order valence-corrected chi connectivity index (χ1v) is 18.5. The second-order valence-corrected chi connectivity index (χ2v) is 14.0. The first-order valence-electron chi connectivity index (χ1n) is 18.5. The predicted molar refractivity (Wildman–Crippen MR) is 188 cm³/mol. The number of hydrogen-bond donors (Lipinski definition) is 2. The Kier molecular flexibility index (Phi) is 14.1. The molecule has 2 N–H and O–H groups in total. The van der Waals surface area contributed by atoms with Gasteiger partial charge in [0.1, 0.15) is 36.0 Å². The van der Waals surface area contributed by atoms with Crippen LogP contribution in [-0.4, -0.2) is 101 Å². The van der Waals surface area contributed by atoms with Crippen molar-refractivity contribution >= 4 is 35.4 Å². The molecule has 0 aromatic heterocycles. The summed E-state index contributed by atoms with van der Waals surface area (Å²) in [7, 11) is 0. The Morgan fingerprint density at radius 3 is 1.44 bits per heavy atom. The molecule has 2 aromatic carbocycles. The largest absolute Gasteiger partial charge is 0.465 e. The van der Waals surface area contributed by atoms with Gasteiger partial charge in [0.2, 0.25) is 0 Å². The smallest absolute Gasteiger partial charge is 0.338 e. The highest BCUT2D eigenvalue weighted by Gasteiger charge is 2.62. The third-order valence-electron chi connectivity index (χ3n) is 9.90. The molecule has 3 fully saturated rings. The summed E-state index contributed by atoms with van der Waals surface area (Å²) in [5.74, 6) is -4.06. The van der Waals surface area contributed by atoms with Crippen LogP contribution in [0.4, 0.5) is 0 Å². The Balaban J connectivity index is 1.30. The molecule has 0 unspecified atom stereocenters. The van der Waals surface area contributed by atoms with Crippen LogP contribution in [0.3, 0.4) is 0 Å². The molecule has 1 saturated heterocycles. The lowest BCUT2D eigenvalue weighted by atomic mass is 9.84. The van der Waals surface area contributed by atoms with Crippen molar-refractivity contribution in [1.29, 1.82) is 0 Å². The number of hydrogen-bond acceptors (Lipinski definition) is 14. The first-order chi connectivity index (χ1) is 25.9. The molecule has 292 valence electrons. The highest BCUT2D eigenvalue weighted by molar-refractivity contribution is 5.92. The minimum Gasteiger partial charge on any atom is -0.465 e. The lowest BCUT2D eigenvalue weighted by molar-refractivity contribution is -0.203. The van der Waals surface area contributed by atoms with E-state index in [9.17, 15) is 39.0 Å². The topological polar surface area (TPSA) is 198 Å². The fourth-order valence-electron chi connectivity index (χ4n) is 7.04. The van der Waals surface area contributed by atoms with Gasteiger partial charge in [-0.3, -0.25) is 9.59 Å². The standard InChI is InChI=1S/C40H48O14/c1-24(41)14-16-30(43)49-22-18-26-10-4-6-12-28(26)38(47)51-34-32(45)33(46)35(37-36(34)53-40(54-37)20-8-3-9-21-40)52-39(48)29-13-7-5-11-27(29)19-23-50-31(44)17-15-25(2)42/h4-7,10-13,32-37,45-46H,3,8-9,14-23H2,1-2H3/t32-,33-,34+,35+,36-,37+/m0/s1. The van der Waals surface area contributed by atoms with E-state index in [1.807, 2.05) is 0 Å². The average molecular weight is 753 g/mol. The Morgan fingerprint density at radius 1 is 0.630 bits per heavy atom. The number of benzene rings is 2. The molecule has 6 atom stereocenters. The van der Waals surface area contributed by atoms with E-state index < -0.39 is 66.3 Å². The summed E-state index contributed by atoms with van der Waals surface area (Å²) in [6.07, 6.45) is -4.56. The third kappa shape index (κ3) is 10.4. The van der Waals surface area contributed by atoms with E-state index >= 15 is 0 Å². The third-order valence-corrected chi connectivity index (χ3v) is 9.90. The SMILES string of the molecule is CC(=O)CCC(=O)OCCc1ccccc1C(=O)O[C@@H]1[C@@H](O)[C@H](O)[C@@H](OC(=O)c2ccccc2CCOC(=O)CCC(C)=O)[C@H]2OC3(CCCCC3)O[C@H]21. The number of carbonyl (C=O) groups is 6. The molecular weight excluding hydrogens is 704 g/mol. The van der Waals surface area contributed by atoms with Gasteiger partial charge in [-0.25, -0.2) is 9.59 Å². The predicted octanol–water partition coefficient (Wildman–Crippen LogP) is 3.53. The molecular formula is C40H48O14. The van der Waals surface area contributed by atoms with Crippen LogP contribution in [-0.2, 0) is 60.4 Å². The molecule has 3 aliphatic rings. The second kappa shape index (κ2) is 18.7. The number of esters is 4. The maximum absolute atomic E-state index is 13.7. The Hall–Kier alpha value is -4.50. The Bertz CT molecular complexity index is 1560. The number of carbonyl (C=O) groups excluding carboxylic acids is 6. The van der Waals surface area contributed by atoms with Gasteiger partial charge in [0, 0.05) is 38.5 Å². The van der Waals surface area contributed by atoms with Gasteiger partial charge in [-0.1, -0.05) is 42.8 Å². The number of fused-ring (bicyclic) bond motifs is 1. The minimum atomic E-state index is -1.74. The van der Waals surface area contributed by atoms with Crippen molar-refractivity contribution in [2.45, 2.75) is 127 Å². The van der Waals surface area contributed by atoms with Crippen LogP contribution in [0.2, 0.25) is 0 Å². The van der Waals surface area contributed by atoms with Crippen LogP contribution < -0.4 is 0 Å². The maximum atomic E-state index is 13.7. The lowest BCUT2D eigenvalue weighted by Gasteiger charge is -2.42. The zero-order valence-corrected chi connectivity index (χ0v) is 30.6. The highest BCUT2D eigenvalue weighted by Crippen LogP contribution is 2.46. The number of aliphatic hydroxyl groups is 2. The van der Waals surface area contributed by atoms with Gasteiger partial charge >= 0.3 is 23.9 Å². The normalized spacial score (nSPS) is 24.2. The van der Waals surface area contributed by atoms with Crippen molar-refractivity contribution in [2.75, 3.05) is 13.2 Å². The van der Waals surface area contributed by atoms with E-state index in [0.717, 1.165) is 19.3 Å². The summed E-state index contributed by atoms with van der Waals surface area (Å²) < 4.78 is 35.2. The first kappa shape index (κ1) is 40.7. The molecule has 0 radical (unpaired) electrons. The van der Waals surface area contributed by atoms with E-state index in [0.29, 0.717) is 24.0 Å². The van der Waals surface area contributed by atoms with Crippen molar-refractivity contribution in [3.05, 3.63) is 70.8 Å². The molecule has 2 aromatic rings. The van der Waals surface area contributed by atoms with E-state index in [1.165, 1.54) is 26.0 Å². The molecule has 1 spiro atoms. The molecule has 2 saturated carbocycles. The molecule has 54 heavy (non-hydrogen) atoms.